The second-order valence-corrected chi connectivity index (χ2v) is 8.48. The van der Waals surface area contributed by atoms with Crippen molar-refractivity contribution in [1.29, 1.82) is 0 Å². The van der Waals surface area contributed by atoms with E-state index < -0.39 is 28.5 Å². The summed E-state index contributed by atoms with van der Waals surface area (Å²) in [5.74, 6) is -1.16. The van der Waals surface area contributed by atoms with Crippen LogP contribution in [0.1, 0.15) is 32.1 Å². The van der Waals surface area contributed by atoms with Crippen LogP contribution in [0.5, 0.6) is 0 Å². The predicted octanol–water partition coefficient (Wildman–Crippen LogP) is 1.77. The molecule has 0 unspecified atom stereocenters. The highest BCUT2D eigenvalue weighted by molar-refractivity contribution is 7.89. The number of rotatable bonds is 8. The zero-order chi connectivity index (χ0) is 19.9. The van der Waals surface area contributed by atoms with E-state index in [0.717, 1.165) is 32.1 Å². The molecule has 150 valence electrons. The van der Waals surface area contributed by atoms with Crippen molar-refractivity contribution in [2.75, 3.05) is 32.7 Å². The van der Waals surface area contributed by atoms with Crippen LogP contribution in [-0.2, 0) is 29.1 Å². The number of ether oxygens (including phenoxy) is 2. The number of amides is 1. The molecule has 2 rings (SSSR count). The molecule has 0 atom stereocenters. The molecule has 0 heterocycles. The van der Waals surface area contributed by atoms with Gasteiger partial charge in [0.1, 0.15) is 6.61 Å². The molecule has 1 N–H and O–H groups in total. The van der Waals surface area contributed by atoms with Crippen molar-refractivity contribution in [2.45, 2.75) is 43.0 Å². The third-order valence-electron chi connectivity index (χ3n) is 4.53. The number of esters is 1. The van der Waals surface area contributed by atoms with Crippen LogP contribution in [0.2, 0.25) is 0 Å². The van der Waals surface area contributed by atoms with Gasteiger partial charge in [-0.2, -0.15) is 4.31 Å². The van der Waals surface area contributed by atoms with E-state index in [1.807, 2.05) is 0 Å². The summed E-state index contributed by atoms with van der Waals surface area (Å²) >= 11 is 0. The lowest BCUT2D eigenvalue weighted by atomic mass is 9.96. The summed E-state index contributed by atoms with van der Waals surface area (Å²) in [5.41, 5.74) is 0.419. The quantitative estimate of drug-likeness (QED) is 0.670. The normalized spacial score (nSPS) is 15.5. The van der Waals surface area contributed by atoms with Gasteiger partial charge in [-0.15, -0.1) is 0 Å². The van der Waals surface area contributed by atoms with Crippen LogP contribution < -0.4 is 5.32 Å². The molecule has 27 heavy (non-hydrogen) atoms. The molecular formula is C18H26N2O6S. The number of hydrogen-bond donors (Lipinski definition) is 1. The average Bonchev–Trinajstić information content (AvgIpc) is 2.67. The van der Waals surface area contributed by atoms with Gasteiger partial charge in [-0.1, -0.05) is 19.3 Å². The third-order valence-corrected chi connectivity index (χ3v) is 6.45. The Hall–Kier alpha value is -1.97. The first-order valence-corrected chi connectivity index (χ1v) is 10.3. The molecular weight excluding hydrogens is 372 g/mol. The van der Waals surface area contributed by atoms with E-state index in [-0.39, 0.29) is 17.5 Å². The SMILES string of the molecule is COCC(=O)OCC(=O)Nc1ccc(S(=O)(=O)N(C)C2CCCCC2)cc1. The summed E-state index contributed by atoms with van der Waals surface area (Å²) < 4.78 is 36.3. The highest BCUT2D eigenvalue weighted by Gasteiger charge is 2.28. The summed E-state index contributed by atoms with van der Waals surface area (Å²) in [4.78, 5) is 23.1. The molecule has 0 aromatic heterocycles. The summed E-state index contributed by atoms with van der Waals surface area (Å²) in [6.45, 7) is -0.666. The first-order chi connectivity index (χ1) is 12.8. The zero-order valence-electron chi connectivity index (χ0n) is 15.6. The van der Waals surface area contributed by atoms with Gasteiger partial charge in [0.15, 0.2) is 6.61 Å². The van der Waals surface area contributed by atoms with E-state index in [0.29, 0.717) is 5.69 Å². The first kappa shape index (κ1) is 21.3. The smallest absolute Gasteiger partial charge is 0.332 e. The Balaban J connectivity index is 1.95. The Labute approximate surface area is 159 Å². The number of anilines is 1. The molecule has 1 aliphatic rings. The number of hydrogen-bond acceptors (Lipinski definition) is 6. The maximum atomic E-state index is 12.8. The summed E-state index contributed by atoms with van der Waals surface area (Å²) in [6, 6.07) is 5.97. The van der Waals surface area contributed by atoms with Crippen LogP contribution in [0.3, 0.4) is 0 Å². The van der Waals surface area contributed by atoms with Crippen molar-refractivity contribution in [3.8, 4) is 0 Å². The summed E-state index contributed by atoms with van der Waals surface area (Å²) in [6.07, 6.45) is 5.01. The Morgan fingerprint density at radius 2 is 1.74 bits per heavy atom. The standard InChI is InChI=1S/C18H26N2O6S/c1-20(15-6-4-3-5-7-15)27(23,24)16-10-8-14(9-11-16)19-17(21)12-26-18(22)13-25-2/h8-11,15H,3-7,12-13H2,1-2H3,(H,19,21). The number of methoxy groups -OCH3 is 1. The molecule has 8 nitrogen and oxygen atoms in total. The Kier molecular flexibility index (Phi) is 7.76. The molecule has 1 aromatic rings. The zero-order valence-corrected chi connectivity index (χ0v) is 16.5. The molecule has 1 fully saturated rings. The van der Waals surface area contributed by atoms with E-state index in [9.17, 15) is 18.0 Å². The molecule has 1 saturated carbocycles. The Bertz CT molecular complexity index is 742. The van der Waals surface area contributed by atoms with Gasteiger partial charge in [0.05, 0.1) is 4.90 Å². The van der Waals surface area contributed by atoms with Gasteiger partial charge in [-0.25, -0.2) is 13.2 Å². The van der Waals surface area contributed by atoms with Crippen LogP contribution in [0.25, 0.3) is 0 Å². The van der Waals surface area contributed by atoms with Gasteiger partial charge >= 0.3 is 5.97 Å². The van der Waals surface area contributed by atoms with Crippen molar-refractivity contribution < 1.29 is 27.5 Å². The number of carbonyl (C=O) groups excluding carboxylic acids is 2. The van der Waals surface area contributed by atoms with Crippen LogP contribution in [0, 0.1) is 0 Å². The Morgan fingerprint density at radius 1 is 1.11 bits per heavy atom. The fourth-order valence-electron chi connectivity index (χ4n) is 3.02. The van der Waals surface area contributed by atoms with Crippen LogP contribution in [-0.4, -0.2) is 58.0 Å². The lowest BCUT2D eigenvalue weighted by molar-refractivity contribution is -0.150. The van der Waals surface area contributed by atoms with Gasteiger partial charge in [0.25, 0.3) is 5.91 Å². The molecule has 0 radical (unpaired) electrons. The fourth-order valence-corrected chi connectivity index (χ4v) is 4.44. The number of benzene rings is 1. The van der Waals surface area contributed by atoms with Crippen LogP contribution in [0.4, 0.5) is 5.69 Å². The number of nitrogens with zero attached hydrogens (tertiary/aromatic N) is 1. The highest BCUT2D eigenvalue weighted by atomic mass is 32.2. The van der Waals surface area contributed by atoms with Crippen LogP contribution in [0.15, 0.2) is 29.2 Å². The third kappa shape index (κ3) is 6.02. The van der Waals surface area contributed by atoms with Crippen molar-refractivity contribution >= 4 is 27.6 Å². The van der Waals surface area contributed by atoms with Gasteiger partial charge in [0.2, 0.25) is 10.0 Å². The lowest BCUT2D eigenvalue weighted by Crippen LogP contribution is -2.38. The minimum Gasteiger partial charge on any atom is -0.454 e. The molecule has 0 bridgehead atoms. The molecule has 1 amide bonds. The van der Waals surface area contributed by atoms with Gasteiger partial charge in [-0.3, -0.25) is 4.79 Å². The molecule has 0 saturated heterocycles. The number of nitrogens with one attached hydrogen (secondary N) is 1. The topological polar surface area (TPSA) is 102 Å². The van der Waals surface area contributed by atoms with Crippen molar-refractivity contribution in [1.82, 2.24) is 4.31 Å². The van der Waals surface area contributed by atoms with E-state index in [1.165, 1.54) is 35.7 Å². The minimum absolute atomic E-state index is 0.0323. The lowest BCUT2D eigenvalue weighted by Gasteiger charge is -2.30. The monoisotopic (exact) mass is 398 g/mol. The van der Waals surface area contributed by atoms with Crippen molar-refractivity contribution in [2.24, 2.45) is 0 Å². The summed E-state index contributed by atoms with van der Waals surface area (Å²) in [7, 11) is -0.604. The Morgan fingerprint density at radius 3 is 2.33 bits per heavy atom. The van der Waals surface area contributed by atoms with Gasteiger partial charge in [-0.05, 0) is 37.1 Å². The molecule has 1 aromatic carbocycles. The average molecular weight is 398 g/mol. The summed E-state index contributed by atoms with van der Waals surface area (Å²) in [5, 5.41) is 2.55. The molecule has 1 aliphatic carbocycles. The first-order valence-electron chi connectivity index (χ1n) is 8.87. The molecule has 0 aliphatic heterocycles. The van der Waals surface area contributed by atoms with E-state index in [4.69, 9.17) is 4.74 Å². The van der Waals surface area contributed by atoms with E-state index in [1.54, 1.807) is 7.05 Å². The van der Waals surface area contributed by atoms with Gasteiger partial charge < -0.3 is 14.8 Å². The highest BCUT2D eigenvalue weighted by Crippen LogP contribution is 2.26. The van der Waals surface area contributed by atoms with Crippen molar-refractivity contribution in [3.05, 3.63) is 24.3 Å². The molecule has 0 spiro atoms. The van der Waals surface area contributed by atoms with Gasteiger partial charge in [0, 0.05) is 25.9 Å². The maximum Gasteiger partial charge on any atom is 0.332 e. The maximum absolute atomic E-state index is 12.8. The second-order valence-electron chi connectivity index (χ2n) is 6.48. The minimum atomic E-state index is -3.57. The van der Waals surface area contributed by atoms with Crippen molar-refractivity contribution in [3.63, 3.8) is 0 Å². The number of sulfonamides is 1. The van der Waals surface area contributed by atoms with Crippen LogP contribution >= 0.6 is 0 Å². The van der Waals surface area contributed by atoms with E-state index >= 15 is 0 Å². The van der Waals surface area contributed by atoms with E-state index in [2.05, 4.69) is 10.1 Å². The second kappa shape index (κ2) is 9.82. The number of carbonyl (C=O) groups is 2. The predicted molar refractivity (Wildman–Crippen MR) is 99.7 cm³/mol. The largest absolute Gasteiger partial charge is 0.454 e. The fraction of sp³-hybridized carbons (Fsp3) is 0.556. The molecule has 9 heteroatoms.